The van der Waals surface area contributed by atoms with E-state index in [4.69, 9.17) is 11.6 Å². The quantitative estimate of drug-likeness (QED) is 0.671. The van der Waals surface area contributed by atoms with Gasteiger partial charge < -0.3 is 0 Å². The molecule has 0 saturated heterocycles. The van der Waals surface area contributed by atoms with Crippen LogP contribution in [0, 0.1) is 6.92 Å². The van der Waals surface area contributed by atoms with Crippen LogP contribution in [-0.4, -0.2) is 30.5 Å². The van der Waals surface area contributed by atoms with Gasteiger partial charge in [0.15, 0.2) is 5.69 Å². The number of alkyl halides is 3. The zero-order valence-corrected chi connectivity index (χ0v) is 15.5. The lowest BCUT2D eigenvalue weighted by Crippen LogP contribution is -2.17. The summed E-state index contributed by atoms with van der Waals surface area (Å²) in [4.78, 5) is 16.0. The lowest BCUT2D eigenvalue weighted by Gasteiger charge is -2.05. The molecule has 7 nitrogen and oxygen atoms in total. The molecule has 28 heavy (non-hydrogen) atoms. The first-order valence-corrected chi connectivity index (χ1v) is 8.64. The topological polar surface area (TPSA) is 77.6 Å². The fourth-order valence-corrected chi connectivity index (χ4v) is 2.60. The van der Waals surface area contributed by atoms with E-state index in [1.807, 2.05) is 12.1 Å². The molecule has 11 heteroatoms. The summed E-state index contributed by atoms with van der Waals surface area (Å²) in [6.07, 6.45) is -3.11. The first-order chi connectivity index (χ1) is 13.2. The van der Waals surface area contributed by atoms with E-state index in [1.165, 1.54) is 13.3 Å². The van der Waals surface area contributed by atoms with Crippen molar-refractivity contribution in [2.75, 3.05) is 5.32 Å². The Morgan fingerprint density at radius 3 is 2.57 bits per heavy atom. The Hall–Kier alpha value is -2.88. The fraction of sp³-hybridized carbons (Fsp3) is 0.294. The van der Waals surface area contributed by atoms with Gasteiger partial charge in [0.1, 0.15) is 6.33 Å². The van der Waals surface area contributed by atoms with Crippen molar-refractivity contribution >= 4 is 23.5 Å². The molecule has 0 aliphatic rings. The first kappa shape index (κ1) is 19.9. The van der Waals surface area contributed by atoms with Gasteiger partial charge in [-0.25, -0.2) is 9.67 Å². The van der Waals surface area contributed by atoms with Crippen LogP contribution in [0.2, 0.25) is 5.02 Å². The van der Waals surface area contributed by atoms with E-state index in [2.05, 4.69) is 20.5 Å². The summed E-state index contributed by atoms with van der Waals surface area (Å²) in [5.74, 6) is -0.306. The molecule has 0 bridgehead atoms. The monoisotopic (exact) mass is 412 g/mol. The van der Waals surface area contributed by atoms with Crippen LogP contribution >= 0.6 is 11.6 Å². The number of anilines is 1. The van der Waals surface area contributed by atoms with Crippen LogP contribution in [0.5, 0.6) is 0 Å². The second-order valence-electron chi connectivity index (χ2n) is 6.08. The molecular weight excluding hydrogens is 397 g/mol. The van der Waals surface area contributed by atoms with Gasteiger partial charge in [0.25, 0.3) is 0 Å². The van der Waals surface area contributed by atoms with E-state index in [-0.39, 0.29) is 18.9 Å². The number of carbonyl (C=O) groups is 1. The van der Waals surface area contributed by atoms with Gasteiger partial charge >= 0.3 is 6.18 Å². The SMILES string of the molecule is Cc1cc(C(F)(F)F)nn1CCC(=O)Nc1ncn(Cc2ccc(Cl)cc2)n1. The normalized spacial score (nSPS) is 11.6. The lowest BCUT2D eigenvalue weighted by atomic mass is 10.2. The van der Waals surface area contributed by atoms with Gasteiger partial charge in [-0.15, -0.1) is 5.10 Å². The van der Waals surface area contributed by atoms with Gasteiger partial charge in [0.05, 0.1) is 6.54 Å². The number of amides is 1. The standard InChI is InChI=1S/C17H16ClF3N6O/c1-11-8-14(17(19,20)21)24-27(11)7-6-15(28)23-16-22-10-26(25-16)9-12-2-4-13(18)5-3-12/h2-5,8,10H,6-7,9H2,1H3,(H,23,25,28). The van der Waals surface area contributed by atoms with E-state index >= 15 is 0 Å². The minimum absolute atomic E-state index is 0.0131. The Morgan fingerprint density at radius 1 is 1.21 bits per heavy atom. The van der Waals surface area contributed by atoms with Gasteiger partial charge in [-0.3, -0.25) is 14.8 Å². The van der Waals surface area contributed by atoms with Crippen LogP contribution in [-0.2, 0) is 24.1 Å². The van der Waals surface area contributed by atoms with Crippen molar-refractivity contribution in [2.24, 2.45) is 0 Å². The third kappa shape index (κ3) is 5.10. The van der Waals surface area contributed by atoms with E-state index in [1.54, 1.807) is 16.8 Å². The summed E-state index contributed by atoms with van der Waals surface area (Å²) in [5, 5.41) is 10.8. The fourth-order valence-electron chi connectivity index (χ4n) is 2.47. The highest BCUT2D eigenvalue weighted by Gasteiger charge is 2.34. The summed E-state index contributed by atoms with van der Waals surface area (Å²) in [5.41, 5.74) is 0.306. The molecule has 2 aromatic heterocycles. The Kier molecular flexibility index (Phi) is 5.68. The molecule has 0 fully saturated rings. The average molecular weight is 413 g/mol. The molecule has 0 saturated carbocycles. The van der Waals surface area contributed by atoms with Crippen LogP contribution in [0.4, 0.5) is 19.1 Å². The molecule has 0 unspecified atom stereocenters. The maximum Gasteiger partial charge on any atom is 0.435 e. The first-order valence-electron chi connectivity index (χ1n) is 8.26. The predicted molar refractivity (Wildman–Crippen MR) is 95.8 cm³/mol. The third-order valence-electron chi connectivity index (χ3n) is 3.87. The maximum atomic E-state index is 12.7. The Bertz CT molecular complexity index is 964. The van der Waals surface area contributed by atoms with E-state index in [0.29, 0.717) is 17.3 Å². The number of hydrogen-bond acceptors (Lipinski definition) is 4. The molecule has 3 aromatic rings. The van der Waals surface area contributed by atoms with E-state index in [0.717, 1.165) is 16.3 Å². The van der Waals surface area contributed by atoms with Crippen molar-refractivity contribution in [1.29, 1.82) is 0 Å². The van der Waals surface area contributed by atoms with Crippen molar-refractivity contribution in [2.45, 2.75) is 32.6 Å². The van der Waals surface area contributed by atoms with Crippen molar-refractivity contribution in [3.63, 3.8) is 0 Å². The molecule has 1 amide bonds. The third-order valence-corrected chi connectivity index (χ3v) is 4.12. The van der Waals surface area contributed by atoms with Crippen LogP contribution < -0.4 is 5.32 Å². The molecule has 0 aliphatic heterocycles. The van der Waals surface area contributed by atoms with Crippen molar-refractivity contribution in [1.82, 2.24) is 24.5 Å². The number of hydrogen-bond donors (Lipinski definition) is 1. The number of aromatic nitrogens is 5. The molecular formula is C17H16ClF3N6O. The second kappa shape index (κ2) is 8.01. The predicted octanol–water partition coefficient (Wildman–Crippen LogP) is 3.53. The minimum atomic E-state index is -4.51. The number of aryl methyl sites for hydroxylation is 2. The highest BCUT2D eigenvalue weighted by atomic mass is 35.5. The highest BCUT2D eigenvalue weighted by molar-refractivity contribution is 6.30. The molecule has 3 rings (SSSR count). The maximum absolute atomic E-state index is 12.7. The van der Waals surface area contributed by atoms with Crippen LogP contribution in [0.15, 0.2) is 36.7 Å². The summed E-state index contributed by atoms with van der Waals surface area (Å²) >= 11 is 5.84. The summed E-state index contributed by atoms with van der Waals surface area (Å²) in [6, 6.07) is 8.17. The largest absolute Gasteiger partial charge is 0.435 e. The van der Waals surface area contributed by atoms with Crippen LogP contribution in [0.1, 0.15) is 23.4 Å². The summed E-state index contributed by atoms with van der Waals surface area (Å²) in [7, 11) is 0. The van der Waals surface area contributed by atoms with Crippen LogP contribution in [0.3, 0.4) is 0 Å². The van der Waals surface area contributed by atoms with Crippen molar-refractivity contribution in [3.8, 4) is 0 Å². The van der Waals surface area contributed by atoms with Gasteiger partial charge in [0, 0.05) is 23.7 Å². The summed E-state index contributed by atoms with van der Waals surface area (Å²) < 4.78 is 40.7. The number of nitrogens with zero attached hydrogens (tertiary/aromatic N) is 5. The van der Waals surface area contributed by atoms with Gasteiger partial charge in [-0.2, -0.15) is 18.3 Å². The smallest absolute Gasteiger partial charge is 0.293 e. The number of benzene rings is 1. The number of nitrogens with one attached hydrogen (secondary N) is 1. The van der Waals surface area contributed by atoms with E-state index < -0.39 is 17.8 Å². The zero-order chi connectivity index (χ0) is 20.3. The molecule has 0 aliphatic carbocycles. The molecule has 1 aromatic carbocycles. The lowest BCUT2D eigenvalue weighted by molar-refractivity contribution is -0.141. The highest BCUT2D eigenvalue weighted by Crippen LogP contribution is 2.28. The summed E-state index contributed by atoms with van der Waals surface area (Å²) in [6.45, 7) is 1.96. The van der Waals surface area contributed by atoms with Gasteiger partial charge in [0.2, 0.25) is 11.9 Å². The molecule has 2 heterocycles. The Balaban J connectivity index is 1.53. The second-order valence-corrected chi connectivity index (χ2v) is 6.52. The van der Waals surface area contributed by atoms with Gasteiger partial charge in [-0.05, 0) is 30.7 Å². The van der Waals surface area contributed by atoms with Crippen molar-refractivity contribution in [3.05, 3.63) is 58.6 Å². The Labute approximate surface area is 163 Å². The van der Waals surface area contributed by atoms with Crippen LogP contribution in [0.25, 0.3) is 0 Å². The molecule has 0 atom stereocenters. The average Bonchev–Trinajstić information content (AvgIpc) is 3.21. The molecule has 0 radical (unpaired) electrons. The van der Waals surface area contributed by atoms with E-state index in [9.17, 15) is 18.0 Å². The number of rotatable bonds is 6. The molecule has 148 valence electrons. The number of halogens is 4. The van der Waals surface area contributed by atoms with Gasteiger partial charge in [-0.1, -0.05) is 23.7 Å². The minimum Gasteiger partial charge on any atom is -0.293 e. The van der Waals surface area contributed by atoms with Crippen molar-refractivity contribution < 1.29 is 18.0 Å². The molecule has 0 spiro atoms. The molecule has 1 N–H and O–H groups in total. The Morgan fingerprint density at radius 2 is 1.93 bits per heavy atom. The zero-order valence-electron chi connectivity index (χ0n) is 14.7. The number of carbonyl (C=O) groups excluding carboxylic acids is 1.